The zero-order chi connectivity index (χ0) is 10.3. The van der Waals surface area contributed by atoms with Crippen molar-refractivity contribution < 1.29 is 8.42 Å². The van der Waals surface area contributed by atoms with Gasteiger partial charge < -0.3 is 5.32 Å². The van der Waals surface area contributed by atoms with E-state index in [1.165, 1.54) is 14.1 Å². The summed E-state index contributed by atoms with van der Waals surface area (Å²) in [4.78, 5) is 3.71. The third-order valence-electron chi connectivity index (χ3n) is 1.33. The first-order valence-corrected chi connectivity index (χ1v) is 5.29. The second-order valence-corrected chi connectivity index (χ2v) is 4.21. The average Bonchev–Trinajstić information content (AvgIpc) is 2.12. The van der Waals surface area contributed by atoms with Crippen molar-refractivity contribution in [2.45, 2.75) is 0 Å². The molecule has 0 bridgehead atoms. The van der Waals surface area contributed by atoms with Crippen molar-refractivity contribution in [1.29, 1.82) is 0 Å². The topological polar surface area (TPSA) is 109 Å². The highest BCUT2D eigenvalue weighted by molar-refractivity contribution is 7.89. The smallest absolute Gasteiger partial charge is 0.213 e. The molecule has 0 spiro atoms. The fourth-order valence-corrected chi connectivity index (χ4v) is 1.18. The normalized spacial score (nSPS) is 12.7. The molecule has 5 N–H and O–H groups in total. The van der Waals surface area contributed by atoms with Gasteiger partial charge in [0.05, 0.1) is 5.75 Å². The minimum atomic E-state index is -3.17. The van der Waals surface area contributed by atoms with Crippen molar-refractivity contribution in [3.63, 3.8) is 0 Å². The van der Waals surface area contributed by atoms with E-state index >= 15 is 0 Å². The highest BCUT2D eigenvalue weighted by Crippen LogP contribution is 1.78. The Morgan fingerprint density at radius 2 is 2.15 bits per heavy atom. The number of sulfonamides is 1. The number of hydrogen-bond donors (Lipinski definition) is 4. The molecule has 0 fully saturated rings. The van der Waals surface area contributed by atoms with E-state index in [0.717, 1.165) is 0 Å². The summed E-state index contributed by atoms with van der Waals surface area (Å²) >= 11 is 0. The average molecular weight is 209 g/mol. The van der Waals surface area contributed by atoms with Crippen LogP contribution in [0.2, 0.25) is 0 Å². The maximum atomic E-state index is 10.9. The number of hydrogen-bond acceptors (Lipinski definition) is 4. The van der Waals surface area contributed by atoms with Crippen LogP contribution >= 0.6 is 0 Å². The predicted octanol–water partition coefficient (Wildman–Crippen LogP) is -2.43. The Kier molecular flexibility index (Phi) is 5.35. The molecule has 0 atom stereocenters. The van der Waals surface area contributed by atoms with Gasteiger partial charge in [-0.05, 0) is 7.05 Å². The fourth-order valence-electron chi connectivity index (χ4n) is 0.600. The second kappa shape index (κ2) is 5.73. The summed E-state index contributed by atoms with van der Waals surface area (Å²) in [7, 11) is -0.265. The molecule has 0 amide bonds. The molecule has 8 heteroatoms. The third-order valence-corrected chi connectivity index (χ3v) is 2.70. The van der Waals surface area contributed by atoms with Crippen LogP contribution in [0.15, 0.2) is 4.99 Å². The van der Waals surface area contributed by atoms with Crippen LogP contribution < -0.4 is 21.3 Å². The molecular formula is C5H15N5O2S. The third kappa shape index (κ3) is 5.39. The molecule has 0 aliphatic rings. The molecule has 0 unspecified atom stereocenters. The van der Waals surface area contributed by atoms with Gasteiger partial charge in [-0.3, -0.25) is 10.4 Å². The van der Waals surface area contributed by atoms with Gasteiger partial charge in [-0.1, -0.05) is 0 Å². The van der Waals surface area contributed by atoms with E-state index in [-0.39, 0.29) is 12.3 Å². The zero-order valence-corrected chi connectivity index (χ0v) is 8.48. The summed E-state index contributed by atoms with van der Waals surface area (Å²) in [6.45, 7) is 0.250. The Bertz CT molecular complexity index is 260. The van der Waals surface area contributed by atoms with E-state index in [2.05, 4.69) is 20.5 Å². The highest BCUT2D eigenvalue weighted by atomic mass is 32.2. The van der Waals surface area contributed by atoms with Gasteiger partial charge in [0, 0.05) is 13.6 Å². The molecule has 0 aromatic rings. The second-order valence-electron chi connectivity index (χ2n) is 2.17. The number of guanidine groups is 1. The Morgan fingerprint density at radius 3 is 2.54 bits per heavy atom. The minimum Gasteiger partial charge on any atom is -0.354 e. The van der Waals surface area contributed by atoms with E-state index in [4.69, 9.17) is 5.84 Å². The lowest BCUT2D eigenvalue weighted by Crippen LogP contribution is -2.43. The number of nitrogens with zero attached hydrogens (tertiary/aromatic N) is 1. The van der Waals surface area contributed by atoms with Gasteiger partial charge in [0.1, 0.15) is 0 Å². The van der Waals surface area contributed by atoms with Crippen molar-refractivity contribution in [3.8, 4) is 0 Å². The van der Waals surface area contributed by atoms with Crippen LogP contribution in [0.1, 0.15) is 0 Å². The Hall–Kier alpha value is -0.860. The maximum absolute atomic E-state index is 10.9. The Balaban J connectivity index is 3.81. The van der Waals surface area contributed by atoms with Crippen molar-refractivity contribution >= 4 is 16.0 Å². The zero-order valence-electron chi connectivity index (χ0n) is 7.66. The van der Waals surface area contributed by atoms with Crippen LogP contribution in [0.4, 0.5) is 0 Å². The number of nitrogens with two attached hydrogens (primary N) is 1. The Labute approximate surface area is 77.8 Å². The monoisotopic (exact) mass is 209 g/mol. The summed E-state index contributed by atoms with van der Waals surface area (Å²) in [5, 5.41) is 2.70. The summed E-state index contributed by atoms with van der Waals surface area (Å²) in [6, 6.07) is 0. The lowest BCUT2D eigenvalue weighted by Gasteiger charge is -2.07. The minimum absolute atomic E-state index is 0.0236. The van der Waals surface area contributed by atoms with Gasteiger partial charge in [0.25, 0.3) is 0 Å². The first-order chi connectivity index (χ1) is 6.05. The van der Waals surface area contributed by atoms with E-state index in [9.17, 15) is 8.42 Å². The largest absolute Gasteiger partial charge is 0.354 e. The van der Waals surface area contributed by atoms with Crippen LogP contribution in [0.3, 0.4) is 0 Å². The van der Waals surface area contributed by atoms with Gasteiger partial charge in [0.15, 0.2) is 0 Å². The van der Waals surface area contributed by atoms with Crippen LogP contribution in [0.5, 0.6) is 0 Å². The molecular weight excluding hydrogens is 194 g/mol. The molecule has 0 aromatic heterocycles. The molecule has 0 saturated heterocycles. The Morgan fingerprint density at radius 1 is 1.54 bits per heavy atom. The van der Waals surface area contributed by atoms with Gasteiger partial charge in [-0.15, -0.1) is 0 Å². The molecule has 0 aliphatic carbocycles. The van der Waals surface area contributed by atoms with Crippen molar-refractivity contribution in [2.24, 2.45) is 10.8 Å². The van der Waals surface area contributed by atoms with Crippen molar-refractivity contribution in [2.75, 3.05) is 26.4 Å². The van der Waals surface area contributed by atoms with E-state index in [1.54, 1.807) is 0 Å². The molecule has 78 valence electrons. The van der Waals surface area contributed by atoms with E-state index < -0.39 is 10.0 Å². The molecule has 7 nitrogen and oxygen atoms in total. The molecule has 0 aromatic carbocycles. The highest BCUT2D eigenvalue weighted by Gasteiger charge is 2.05. The lowest BCUT2D eigenvalue weighted by molar-refractivity contribution is 0.587. The van der Waals surface area contributed by atoms with Gasteiger partial charge in [-0.25, -0.2) is 19.0 Å². The van der Waals surface area contributed by atoms with Crippen LogP contribution in [-0.4, -0.2) is 40.8 Å². The SMILES string of the molecule is CN=C(NN)NCCS(=O)(=O)NC. The number of aliphatic imine (C=N–C) groups is 1. The van der Waals surface area contributed by atoms with Crippen LogP contribution in [0.25, 0.3) is 0 Å². The summed E-state index contributed by atoms with van der Waals surface area (Å²) in [6.07, 6.45) is 0. The summed E-state index contributed by atoms with van der Waals surface area (Å²) < 4.78 is 24.0. The maximum Gasteiger partial charge on any atom is 0.213 e. The van der Waals surface area contributed by atoms with E-state index in [1.807, 2.05) is 0 Å². The summed E-state index contributed by atoms with van der Waals surface area (Å²) in [5.74, 6) is 5.39. The fraction of sp³-hybridized carbons (Fsp3) is 0.800. The summed E-state index contributed by atoms with van der Waals surface area (Å²) in [5.41, 5.74) is 2.28. The quantitative estimate of drug-likeness (QED) is 0.178. The lowest BCUT2D eigenvalue weighted by atomic mass is 10.7. The number of nitrogens with one attached hydrogen (secondary N) is 3. The van der Waals surface area contributed by atoms with Crippen molar-refractivity contribution in [3.05, 3.63) is 0 Å². The molecule has 0 aliphatic heterocycles. The van der Waals surface area contributed by atoms with Gasteiger partial charge in [0.2, 0.25) is 16.0 Å². The molecule has 13 heavy (non-hydrogen) atoms. The van der Waals surface area contributed by atoms with Crippen LogP contribution in [-0.2, 0) is 10.0 Å². The predicted molar refractivity (Wildman–Crippen MR) is 51.5 cm³/mol. The van der Waals surface area contributed by atoms with E-state index in [0.29, 0.717) is 5.96 Å². The van der Waals surface area contributed by atoms with Crippen molar-refractivity contribution in [1.82, 2.24) is 15.5 Å². The number of hydrazine groups is 1. The molecule has 0 radical (unpaired) electrons. The van der Waals surface area contributed by atoms with Gasteiger partial charge >= 0.3 is 0 Å². The standard InChI is InChI=1S/C5H15N5O2S/c1-7-5(10-6)9-3-4-13(11,12)8-2/h8H,3-4,6H2,1-2H3,(H2,7,9,10). The molecule has 0 saturated carbocycles. The van der Waals surface area contributed by atoms with Gasteiger partial charge in [-0.2, -0.15) is 0 Å². The molecule has 0 heterocycles. The first-order valence-electron chi connectivity index (χ1n) is 3.64. The number of rotatable bonds is 4. The first kappa shape index (κ1) is 12.1. The molecule has 0 rings (SSSR count). The van der Waals surface area contributed by atoms with Crippen LogP contribution in [0, 0.1) is 0 Å².